The number of hydrogen-bond donors (Lipinski definition) is 0. The van der Waals surface area contributed by atoms with Crippen LogP contribution in [-0.2, 0) is 22.0 Å². The Morgan fingerprint density at radius 3 is 1.83 bits per heavy atom. The summed E-state index contributed by atoms with van der Waals surface area (Å²) in [6, 6.07) is 31.3. The van der Waals surface area contributed by atoms with Crippen LogP contribution < -0.4 is 3.71 Å². The minimum atomic E-state index is -1.59. The van der Waals surface area contributed by atoms with Crippen molar-refractivity contribution in [1.82, 2.24) is 4.57 Å². The van der Waals surface area contributed by atoms with E-state index in [1.807, 2.05) is 72.8 Å². The first-order valence-corrected chi connectivity index (χ1v) is 11.8. The SMILES string of the molecule is O=S1c2cccc(-n3c4ccccc4c4ccccc43)c2S(=O)N1c1ccccc1. The number of nitrogens with zero attached hydrogens (tertiary/aromatic N) is 2. The van der Waals surface area contributed by atoms with E-state index < -0.39 is 22.0 Å². The summed E-state index contributed by atoms with van der Waals surface area (Å²) in [5, 5.41) is 2.27. The molecule has 0 N–H and O–H groups in total. The van der Waals surface area contributed by atoms with Crippen molar-refractivity contribution in [2.45, 2.75) is 9.79 Å². The minimum absolute atomic E-state index is 0.594. The Labute approximate surface area is 178 Å². The molecule has 0 spiro atoms. The number of benzene rings is 4. The summed E-state index contributed by atoms with van der Waals surface area (Å²) in [4.78, 5) is 1.20. The second kappa shape index (κ2) is 6.65. The van der Waals surface area contributed by atoms with Gasteiger partial charge in [-0.1, -0.05) is 60.7 Å². The van der Waals surface area contributed by atoms with Gasteiger partial charge in [-0.15, -0.1) is 0 Å². The molecule has 4 nitrogen and oxygen atoms in total. The molecule has 0 radical (unpaired) electrons. The number of para-hydroxylation sites is 3. The lowest BCUT2D eigenvalue weighted by Crippen LogP contribution is -2.21. The number of aromatic nitrogens is 1. The largest absolute Gasteiger partial charge is 0.308 e. The zero-order valence-electron chi connectivity index (χ0n) is 15.8. The summed E-state index contributed by atoms with van der Waals surface area (Å²) >= 11 is 0. The molecule has 5 aromatic rings. The molecule has 2 unspecified atom stereocenters. The van der Waals surface area contributed by atoms with Gasteiger partial charge in [0.05, 0.1) is 27.3 Å². The van der Waals surface area contributed by atoms with Crippen molar-refractivity contribution in [2.24, 2.45) is 0 Å². The first-order chi connectivity index (χ1) is 14.8. The van der Waals surface area contributed by atoms with Crippen molar-refractivity contribution in [3.8, 4) is 5.69 Å². The summed E-state index contributed by atoms with van der Waals surface area (Å²) in [6.07, 6.45) is 0. The molecule has 0 bridgehead atoms. The van der Waals surface area contributed by atoms with Crippen LogP contribution in [0.1, 0.15) is 0 Å². The van der Waals surface area contributed by atoms with Crippen LogP contribution in [0.2, 0.25) is 0 Å². The van der Waals surface area contributed by atoms with E-state index in [-0.39, 0.29) is 0 Å². The fourth-order valence-electron chi connectivity index (χ4n) is 4.15. The van der Waals surface area contributed by atoms with Crippen LogP contribution in [0.4, 0.5) is 5.69 Å². The topological polar surface area (TPSA) is 42.3 Å². The van der Waals surface area contributed by atoms with Crippen LogP contribution >= 0.6 is 0 Å². The summed E-state index contributed by atoms with van der Waals surface area (Å²) in [5.74, 6) is 0. The first kappa shape index (κ1) is 17.6. The minimum Gasteiger partial charge on any atom is -0.308 e. The molecule has 0 amide bonds. The molecule has 146 valence electrons. The zero-order valence-corrected chi connectivity index (χ0v) is 17.4. The summed E-state index contributed by atoms with van der Waals surface area (Å²) < 4.78 is 30.5. The molecule has 6 heteroatoms. The van der Waals surface area contributed by atoms with Crippen molar-refractivity contribution in [1.29, 1.82) is 0 Å². The summed E-state index contributed by atoms with van der Waals surface area (Å²) in [6.45, 7) is 0. The van der Waals surface area contributed by atoms with E-state index in [4.69, 9.17) is 0 Å². The lowest BCUT2D eigenvalue weighted by molar-refractivity contribution is 0.682. The smallest absolute Gasteiger partial charge is 0.168 e. The highest BCUT2D eigenvalue weighted by atomic mass is 32.3. The lowest BCUT2D eigenvalue weighted by atomic mass is 10.2. The Bertz CT molecular complexity index is 1440. The molecule has 1 aliphatic rings. The maximum atomic E-state index is 13.6. The van der Waals surface area contributed by atoms with Crippen molar-refractivity contribution >= 4 is 49.5 Å². The molecule has 4 aromatic carbocycles. The molecule has 0 fully saturated rings. The van der Waals surface area contributed by atoms with Gasteiger partial charge in [-0.3, -0.25) is 0 Å². The van der Waals surface area contributed by atoms with E-state index in [0.717, 1.165) is 27.5 Å². The second-order valence-corrected chi connectivity index (χ2v) is 9.87. The average Bonchev–Trinajstić information content (AvgIpc) is 3.26. The van der Waals surface area contributed by atoms with Gasteiger partial charge >= 0.3 is 0 Å². The highest BCUT2D eigenvalue weighted by Crippen LogP contribution is 2.41. The van der Waals surface area contributed by atoms with E-state index >= 15 is 0 Å². The monoisotopic (exact) mass is 428 g/mol. The third-order valence-electron chi connectivity index (χ3n) is 5.41. The van der Waals surface area contributed by atoms with Crippen LogP contribution in [0.5, 0.6) is 0 Å². The van der Waals surface area contributed by atoms with Gasteiger partial charge in [0.2, 0.25) is 0 Å². The first-order valence-electron chi connectivity index (χ1n) is 9.56. The highest BCUT2D eigenvalue weighted by molar-refractivity contribution is 8.06. The third-order valence-corrected chi connectivity index (χ3v) is 8.87. The molecule has 2 atom stereocenters. The van der Waals surface area contributed by atoms with Gasteiger partial charge in [0.15, 0.2) is 22.0 Å². The van der Waals surface area contributed by atoms with Crippen LogP contribution in [0.25, 0.3) is 27.5 Å². The van der Waals surface area contributed by atoms with Gasteiger partial charge < -0.3 is 4.57 Å². The molecule has 0 saturated heterocycles. The Morgan fingerprint density at radius 1 is 0.567 bits per heavy atom. The van der Waals surface area contributed by atoms with Crippen molar-refractivity contribution < 1.29 is 8.42 Å². The number of anilines is 1. The Balaban J connectivity index is 1.66. The van der Waals surface area contributed by atoms with E-state index in [1.165, 1.54) is 3.71 Å². The average molecular weight is 429 g/mol. The van der Waals surface area contributed by atoms with Gasteiger partial charge in [-0.25, -0.2) is 8.42 Å². The molecule has 30 heavy (non-hydrogen) atoms. The maximum absolute atomic E-state index is 13.6. The number of rotatable bonds is 2. The van der Waals surface area contributed by atoms with Gasteiger partial charge in [-0.2, -0.15) is 3.71 Å². The Hall–Kier alpha value is -3.22. The van der Waals surface area contributed by atoms with Gasteiger partial charge in [0.1, 0.15) is 4.90 Å². The highest BCUT2D eigenvalue weighted by Gasteiger charge is 2.37. The predicted molar refractivity (Wildman–Crippen MR) is 123 cm³/mol. The van der Waals surface area contributed by atoms with Crippen LogP contribution in [-0.4, -0.2) is 13.0 Å². The molecule has 0 saturated carbocycles. The third kappa shape index (κ3) is 2.38. The van der Waals surface area contributed by atoms with Crippen LogP contribution in [0, 0.1) is 0 Å². The molecular weight excluding hydrogens is 412 g/mol. The zero-order chi connectivity index (χ0) is 20.2. The standard InChI is InChI=1S/C24H16N2O2S2/c27-29-23-16-8-15-22(24(23)30(28)26(29)17-9-2-1-3-10-17)25-20-13-6-4-11-18(20)19-12-5-7-14-21(19)25/h1-16H. The summed E-state index contributed by atoms with van der Waals surface area (Å²) in [7, 11) is -3.12. The van der Waals surface area contributed by atoms with E-state index in [1.54, 1.807) is 0 Å². The molecule has 6 rings (SSSR count). The van der Waals surface area contributed by atoms with Crippen molar-refractivity contribution in [3.05, 3.63) is 97.1 Å². The summed E-state index contributed by atoms with van der Waals surface area (Å²) in [5.41, 5.74) is 3.55. The lowest BCUT2D eigenvalue weighted by Gasteiger charge is -2.14. The molecule has 0 aliphatic carbocycles. The van der Waals surface area contributed by atoms with Crippen LogP contribution in [0.3, 0.4) is 0 Å². The number of hydrogen-bond acceptors (Lipinski definition) is 2. The molecule has 1 aliphatic heterocycles. The van der Waals surface area contributed by atoms with Gasteiger partial charge in [0, 0.05) is 10.8 Å². The maximum Gasteiger partial charge on any atom is 0.168 e. The Morgan fingerprint density at radius 2 is 1.17 bits per heavy atom. The van der Waals surface area contributed by atoms with E-state index in [9.17, 15) is 8.42 Å². The van der Waals surface area contributed by atoms with Crippen molar-refractivity contribution in [2.75, 3.05) is 3.71 Å². The van der Waals surface area contributed by atoms with Crippen molar-refractivity contribution in [3.63, 3.8) is 0 Å². The van der Waals surface area contributed by atoms with Gasteiger partial charge in [-0.05, 0) is 36.4 Å². The normalized spacial score (nSPS) is 18.2. The van der Waals surface area contributed by atoms with Crippen LogP contribution in [0.15, 0.2) is 107 Å². The van der Waals surface area contributed by atoms with E-state index in [0.29, 0.717) is 15.5 Å². The fourth-order valence-corrected chi connectivity index (χ4v) is 7.54. The molecule has 1 aromatic heterocycles. The second-order valence-electron chi connectivity index (χ2n) is 7.07. The number of fused-ring (bicyclic) bond motifs is 4. The van der Waals surface area contributed by atoms with Gasteiger partial charge in [0.25, 0.3) is 0 Å². The predicted octanol–water partition coefficient (Wildman–Crippen LogP) is 5.35. The fraction of sp³-hybridized carbons (Fsp3) is 0. The molecule has 2 heterocycles. The quantitative estimate of drug-likeness (QED) is 0.380. The molecular formula is C24H16N2O2S2. The van der Waals surface area contributed by atoms with E-state index in [2.05, 4.69) is 28.8 Å². The Kier molecular flexibility index (Phi) is 3.91.